The van der Waals surface area contributed by atoms with Crippen LogP contribution in [0, 0.1) is 25.0 Å². The number of rotatable bonds is 3. The van der Waals surface area contributed by atoms with Gasteiger partial charge in [0.2, 0.25) is 5.91 Å². The van der Waals surface area contributed by atoms with Crippen molar-refractivity contribution in [3.63, 3.8) is 0 Å². The Hall–Kier alpha value is -1.90. The maximum atomic E-state index is 12.9. The molecule has 1 rings (SSSR count). The Balaban J connectivity index is 3.39. The average molecular weight is 399 g/mol. The van der Waals surface area contributed by atoms with Crippen molar-refractivity contribution >= 4 is 39.9 Å². The highest BCUT2D eigenvalue weighted by molar-refractivity contribution is 14.1. The lowest BCUT2D eigenvalue weighted by atomic mass is 10.1. The van der Waals surface area contributed by atoms with E-state index >= 15 is 0 Å². The van der Waals surface area contributed by atoms with Gasteiger partial charge in [-0.2, -0.15) is 18.4 Å². The van der Waals surface area contributed by atoms with Gasteiger partial charge in [0, 0.05) is 15.7 Å². The fourth-order valence-corrected chi connectivity index (χ4v) is 2.05. The standard InChI is InChI=1S/C10H5F3IN3O3/c11-10(12,13)6-3-5(17(19)20)4-7(14)9(6)16-8(18)1-2-15/h3-4H,1H2,(H,16,18). The molecule has 20 heavy (non-hydrogen) atoms. The van der Waals surface area contributed by atoms with E-state index in [9.17, 15) is 28.1 Å². The largest absolute Gasteiger partial charge is 0.418 e. The van der Waals surface area contributed by atoms with Crippen LogP contribution in [0.5, 0.6) is 0 Å². The SMILES string of the molecule is N#CCC(=O)Nc1c(I)cc([N+](=O)[O-])cc1C(F)(F)F. The van der Waals surface area contributed by atoms with E-state index in [0.29, 0.717) is 6.07 Å². The number of nitrogens with one attached hydrogen (secondary N) is 1. The van der Waals surface area contributed by atoms with Crippen LogP contribution in [-0.4, -0.2) is 10.8 Å². The zero-order valence-corrected chi connectivity index (χ0v) is 11.7. The summed E-state index contributed by atoms with van der Waals surface area (Å²) in [5.74, 6) is -0.926. The number of anilines is 1. The van der Waals surface area contributed by atoms with Crippen molar-refractivity contribution < 1.29 is 22.9 Å². The number of alkyl halides is 3. The van der Waals surface area contributed by atoms with Crippen LogP contribution >= 0.6 is 22.6 Å². The van der Waals surface area contributed by atoms with Crippen LogP contribution in [0.1, 0.15) is 12.0 Å². The predicted octanol–water partition coefficient (Wildman–Crippen LogP) is 3.07. The lowest BCUT2D eigenvalue weighted by Crippen LogP contribution is -2.17. The Morgan fingerprint density at radius 3 is 2.55 bits per heavy atom. The van der Waals surface area contributed by atoms with Crippen molar-refractivity contribution in [2.75, 3.05) is 5.32 Å². The molecule has 6 nitrogen and oxygen atoms in total. The number of nitro benzene ring substituents is 1. The Morgan fingerprint density at radius 2 is 2.10 bits per heavy atom. The van der Waals surface area contributed by atoms with Crippen molar-refractivity contribution in [1.29, 1.82) is 5.26 Å². The van der Waals surface area contributed by atoms with Crippen LogP contribution in [0.25, 0.3) is 0 Å². The number of nitro groups is 1. The van der Waals surface area contributed by atoms with Crippen LogP contribution in [0.15, 0.2) is 12.1 Å². The number of benzene rings is 1. The summed E-state index contributed by atoms with van der Waals surface area (Å²) in [6, 6.07) is 2.73. The first-order chi connectivity index (χ1) is 9.16. The van der Waals surface area contributed by atoms with Gasteiger partial charge in [-0.15, -0.1) is 0 Å². The Bertz CT molecular complexity index is 610. The Labute approximate surface area is 123 Å². The van der Waals surface area contributed by atoms with Gasteiger partial charge in [0.25, 0.3) is 5.69 Å². The van der Waals surface area contributed by atoms with Crippen LogP contribution < -0.4 is 5.32 Å². The summed E-state index contributed by atoms with van der Waals surface area (Å²) < 4.78 is 38.5. The molecule has 0 atom stereocenters. The molecule has 1 aromatic carbocycles. The summed E-state index contributed by atoms with van der Waals surface area (Å²) in [6.07, 6.45) is -5.49. The second-order valence-corrected chi connectivity index (χ2v) is 4.65. The molecular formula is C10H5F3IN3O3. The maximum absolute atomic E-state index is 12.9. The number of nitriles is 1. The zero-order valence-electron chi connectivity index (χ0n) is 9.49. The molecule has 0 spiro atoms. The van der Waals surface area contributed by atoms with E-state index < -0.39 is 40.4 Å². The molecule has 0 heterocycles. The second kappa shape index (κ2) is 6.04. The first kappa shape index (κ1) is 16.2. The molecule has 10 heteroatoms. The molecule has 0 aliphatic rings. The summed E-state index contributed by atoms with van der Waals surface area (Å²) >= 11 is 1.44. The fraction of sp³-hybridized carbons (Fsp3) is 0.200. The summed E-state index contributed by atoms with van der Waals surface area (Å²) in [7, 11) is 0. The van der Waals surface area contributed by atoms with E-state index in [2.05, 4.69) is 0 Å². The lowest BCUT2D eigenvalue weighted by Gasteiger charge is -2.14. The number of halogens is 4. The Morgan fingerprint density at radius 1 is 1.50 bits per heavy atom. The fourth-order valence-electron chi connectivity index (χ4n) is 1.30. The number of carbonyl (C=O) groups excluding carboxylic acids is 1. The van der Waals surface area contributed by atoms with Crippen LogP contribution in [0.3, 0.4) is 0 Å². The third-order valence-corrected chi connectivity index (χ3v) is 2.95. The smallest absolute Gasteiger partial charge is 0.324 e. The highest BCUT2D eigenvalue weighted by Gasteiger charge is 2.37. The lowest BCUT2D eigenvalue weighted by molar-refractivity contribution is -0.385. The number of hydrogen-bond donors (Lipinski definition) is 1. The van der Waals surface area contributed by atoms with Gasteiger partial charge in [-0.25, -0.2) is 0 Å². The molecule has 0 unspecified atom stereocenters. The molecule has 0 fully saturated rings. The van der Waals surface area contributed by atoms with E-state index in [4.69, 9.17) is 5.26 Å². The van der Waals surface area contributed by atoms with Crippen LogP contribution in [0.4, 0.5) is 24.5 Å². The van der Waals surface area contributed by atoms with Crippen molar-refractivity contribution in [3.8, 4) is 6.07 Å². The van der Waals surface area contributed by atoms with E-state index in [1.54, 1.807) is 0 Å². The minimum atomic E-state index is -4.87. The van der Waals surface area contributed by atoms with E-state index in [1.807, 2.05) is 5.32 Å². The van der Waals surface area contributed by atoms with Gasteiger partial charge in [-0.3, -0.25) is 14.9 Å². The maximum Gasteiger partial charge on any atom is 0.418 e. The summed E-state index contributed by atoms with van der Waals surface area (Å²) in [5, 5.41) is 20.8. The third-order valence-electron chi connectivity index (χ3n) is 2.10. The van der Waals surface area contributed by atoms with Crippen molar-refractivity contribution in [2.24, 2.45) is 0 Å². The Kier molecular flexibility index (Phi) is 4.88. The zero-order chi connectivity index (χ0) is 15.5. The van der Waals surface area contributed by atoms with Crippen molar-refractivity contribution in [3.05, 3.63) is 31.4 Å². The molecule has 106 valence electrons. The molecule has 1 amide bonds. The van der Waals surface area contributed by atoms with Crippen molar-refractivity contribution in [1.82, 2.24) is 0 Å². The molecule has 1 aromatic rings. The molecular weight excluding hydrogens is 394 g/mol. The third kappa shape index (κ3) is 3.80. The van der Waals surface area contributed by atoms with Gasteiger partial charge < -0.3 is 5.32 Å². The first-order valence-corrected chi connectivity index (χ1v) is 5.96. The predicted molar refractivity (Wildman–Crippen MR) is 69.7 cm³/mol. The molecule has 0 radical (unpaired) electrons. The normalized spacial score (nSPS) is 10.8. The second-order valence-electron chi connectivity index (χ2n) is 3.49. The van der Waals surface area contributed by atoms with Gasteiger partial charge in [-0.05, 0) is 22.6 Å². The molecule has 0 bridgehead atoms. The van der Waals surface area contributed by atoms with Gasteiger partial charge in [-0.1, -0.05) is 0 Å². The molecule has 0 saturated heterocycles. The topological polar surface area (TPSA) is 96.0 Å². The number of carbonyl (C=O) groups is 1. The molecule has 0 saturated carbocycles. The highest BCUT2D eigenvalue weighted by Crippen LogP contribution is 2.39. The van der Waals surface area contributed by atoms with E-state index in [-0.39, 0.29) is 3.57 Å². The molecule has 1 N–H and O–H groups in total. The summed E-state index contributed by atoms with van der Waals surface area (Å²) in [4.78, 5) is 20.8. The van der Waals surface area contributed by atoms with Gasteiger partial charge in [0.1, 0.15) is 6.42 Å². The highest BCUT2D eigenvalue weighted by atomic mass is 127. The van der Waals surface area contributed by atoms with Gasteiger partial charge in [0.15, 0.2) is 0 Å². The number of hydrogen-bond acceptors (Lipinski definition) is 4. The van der Waals surface area contributed by atoms with Crippen LogP contribution in [-0.2, 0) is 11.0 Å². The van der Waals surface area contributed by atoms with Gasteiger partial charge >= 0.3 is 6.18 Å². The van der Waals surface area contributed by atoms with E-state index in [1.165, 1.54) is 28.7 Å². The molecule has 0 aliphatic carbocycles. The number of amides is 1. The minimum Gasteiger partial charge on any atom is -0.324 e. The summed E-state index contributed by atoms with van der Waals surface area (Å²) in [6.45, 7) is 0. The number of non-ortho nitro benzene ring substituents is 1. The molecule has 0 aromatic heterocycles. The number of nitrogens with zero attached hydrogens (tertiary/aromatic N) is 2. The summed E-state index contributed by atoms with van der Waals surface area (Å²) in [5.41, 5.74) is -2.66. The van der Waals surface area contributed by atoms with E-state index in [0.717, 1.165) is 6.07 Å². The quantitative estimate of drug-likeness (QED) is 0.480. The van der Waals surface area contributed by atoms with Gasteiger partial charge in [0.05, 0.1) is 22.2 Å². The monoisotopic (exact) mass is 399 g/mol. The van der Waals surface area contributed by atoms with Crippen molar-refractivity contribution in [2.45, 2.75) is 12.6 Å². The first-order valence-electron chi connectivity index (χ1n) is 4.88. The minimum absolute atomic E-state index is 0.143. The molecule has 0 aliphatic heterocycles. The van der Waals surface area contributed by atoms with Crippen LogP contribution in [0.2, 0.25) is 0 Å². The average Bonchev–Trinajstić information content (AvgIpc) is 2.29.